The summed E-state index contributed by atoms with van der Waals surface area (Å²) in [7, 11) is 0. The van der Waals surface area contributed by atoms with Gasteiger partial charge in [-0.2, -0.15) is 0 Å². The van der Waals surface area contributed by atoms with Gasteiger partial charge in [0.15, 0.2) is 0 Å². The van der Waals surface area contributed by atoms with Crippen LogP contribution >= 0.6 is 0 Å². The molecule has 0 spiro atoms. The lowest BCUT2D eigenvalue weighted by Crippen LogP contribution is -2.24. The fourth-order valence-corrected chi connectivity index (χ4v) is 3.28. The van der Waals surface area contributed by atoms with Gasteiger partial charge in [0.2, 0.25) is 0 Å². The topological polar surface area (TPSA) is 52.6 Å². The normalized spacial score (nSPS) is 13.9. The van der Waals surface area contributed by atoms with E-state index in [1.807, 2.05) is 38.1 Å². The van der Waals surface area contributed by atoms with Crippen molar-refractivity contribution < 1.29 is 19.1 Å². The monoisotopic (exact) mass is 424 g/mol. The van der Waals surface area contributed by atoms with Crippen LogP contribution in [0.3, 0.4) is 0 Å². The number of ether oxygens (including phenoxy) is 2. The molecule has 4 heteroatoms. The Bertz CT molecular complexity index is 805. The Hall–Kier alpha value is -2.62. The van der Waals surface area contributed by atoms with Crippen LogP contribution in [0.5, 0.6) is 0 Å². The van der Waals surface area contributed by atoms with E-state index in [4.69, 9.17) is 9.47 Å². The number of carbonyl (C=O) groups is 2. The van der Waals surface area contributed by atoms with Crippen molar-refractivity contribution in [3.8, 4) is 0 Å². The van der Waals surface area contributed by atoms with Crippen molar-refractivity contribution in [1.82, 2.24) is 0 Å². The fraction of sp³-hybridized carbons (Fsp3) is 0.481. The third kappa shape index (κ3) is 7.23. The smallest absolute Gasteiger partial charge is 0.338 e. The molecule has 0 aliphatic heterocycles. The van der Waals surface area contributed by atoms with Gasteiger partial charge in [-0.25, -0.2) is 9.59 Å². The number of benzene rings is 2. The predicted octanol–water partition coefficient (Wildman–Crippen LogP) is 6.46. The first kappa shape index (κ1) is 24.6. The van der Waals surface area contributed by atoms with Gasteiger partial charge in [-0.15, -0.1) is 0 Å². The zero-order valence-electron chi connectivity index (χ0n) is 20.1. The average Bonchev–Trinajstić information content (AvgIpc) is 2.66. The molecule has 0 aliphatic rings. The van der Waals surface area contributed by atoms with Gasteiger partial charge in [-0.3, -0.25) is 0 Å². The molecule has 2 rings (SSSR count). The molecule has 4 nitrogen and oxygen atoms in total. The maximum atomic E-state index is 12.4. The standard InChI is InChI=1S/C27H36O4/c1-18(30-24(28)20-9-13-22(14-10-20)26(3,4)5)17-19(2)31-25(29)21-11-15-23(16-12-21)27(6,7)8/h9-16,18-19H,17H2,1-8H3. The van der Waals surface area contributed by atoms with Gasteiger partial charge in [-0.05, 0) is 60.1 Å². The lowest BCUT2D eigenvalue weighted by atomic mass is 9.87. The number of rotatable bonds is 6. The maximum absolute atomic E-state index is 12.4. The SMILES string of the molecule is CC(CC(C)OC(=O)c1ccc(C(C)(C)C)cc1)OC(=O)c1ccc(C(C)(C)C)cc1. The fourth-order valence-electron chi connectivity index (χ4n) is 3.28. The van der Waals surface area contributed by atoms with E-state index in [9.17, 15) is 9.59 Å². The van der Waals surface area contributed by atoms with Gasteiger partial charge in [0, 0.05) is 6.42 Å². The molecule has 0 saturated heterocycles. The highest BCUT2D eigenvalue weighted by atomic mass is 16.6. The second-order valence-electron chi connectivity index (χ2n) is 10.3. The van der Waals surface area contributed by atoms with Crippen molar-refractivity contribution in [3.05, 3.63) is 70.8 Å². The largest absolute Gasteiger partial charge is 0.459 e. The minimum atomic E-state index is -0.374. The summed E-state index contributed by atoms with van der Waals surface area (Å²) in [4.78, 5) is 24.8. The van der Waals surface area contributed by atoms with E-state index in [2.05, 4.69) is 41.5 Å². The van der Waals surface area contributed by atoms with Crippen LogP contribution in [-0.2, 0) is 20.3 Å². The van der Waals surface area contributed by atoms with Crippen molar-refractivity contribution in [2.24, 2.45) is 0 Å². The molecule has 0 aliphatic carbocycles. The Morgan fingerprint density at radius 2 is 0.935 bits per heavy atom. The van der Waals surface area contributed by atoms with Crippen LogP contribution in [0.2, 0.25) is 0 Å². The van der Waals surface area contributed by atoms with E-state index in [1.165, 1.54) is 0 Å². The molecular formula is C27H36O4. The lowest BCUT2D eigenvalue weighted by molar-refractivity contribution is 0.00763. The average molecular weight is 425 g/mol. The van der Waals surface area contributed by atoms with Crippen LogP contribution in [0.15, 0.2) is 48.5 Å². The lowest BCUT2D eigenvalue weighted by Gasteiger charge is -2.21. The molecule has 2 aromatic carbocycles. The summed E-state index contributed by atoms with van der Waals surface area (Å²) in [5.41, 5.74) is 3.41. The molecular weight excluding hydrogens is 388 g/mol. The molecule has 0 radical (unpaired) electrons. The number of hydrogen-bond acceptors (Lipinski definition) is 4. The molecule has 2 unspecified atom stereocenters. The van der Waals surface area contributed by atoms with E-state index >= 15 is 0 Å². The number of hydrogen-bond donors (Lipinski definition) is 0. The molecule has 0 N–H and O–H groups in total. The molecule has 0 aromatic heterocycles. The summed E-state index contributed by atoms with van der Waals surface area (Å²) in [6, 6.07) is 15.0. The summed E-state index contributed by atoms with van der Waals surface area (Å²) in [6.45, 7) is 16.4. The van der Waals surface area contributed by atoms with E-state index in [0.717, 1.165) is 11.1 Å². The highest BCUT2D eigenvalue weighted by molar-refractivity contribution is 5.90. The van der Waals surface area contributed by atoms with E-state index in [1.54, 1.807) is 24.3 Å². The molecule has 0 amide bonds. The summed E-state index contributed by atoms with van der Waals surface area (Å²) in [5.74, 6) is -0.742. The van der Waals surface area contributed by atoms with Crippen LogP contribution < -0.4 is 0 Å². The second-order valence-corrected chi connectivity index (χ2v) is 10.3. The van der Waals surface area contributed by atoms with Crippen LogP contribution in [0.4, 0.5) is 0 Å². The van der Waals surface area contributed by atoms with E-state index in [0.29, 0.717) is 17.5 Å². The summed E-state index contributed by atoms with van der Waals surface area (Å²) in [6.07, 6.45) is -0.320. The maximum Gasteiger partial charge on any atom is 0.338 e. The van der Waals surface area contributed by atoms with Crippen molar-refractivity contribution in [2.45, 2.75) is 84.8 Å². The molecule has 0 saturated carbocycles. The Morgan fingerprint density at radius 1 is 0.645 bits per heavy atom. The minimum absolute atomic E-state index is 0.0299. The number of esters is 2. The van der Waals surface area contributed by atoms with Crippen LogP contribution in [0.1, 0.15) is 93.7 Å². The van der Waals surface area contributed by atoms with Crippen LogP contribution in [0.25, 0.3) is 0 Å². The van der Waals surface area contributed by atoms with Gasteiger partial charge in [-0.1, -0.05) is 65.8 Å². The Kier molecular flexibility index (Phi) is 7.69. The third-order valence-corrected chi connectivity index (χ3v) is 5.25. The van der Waals surface area contributed by atoms with Gasteiger partial charge < -0.3 is 9.47 Å². The second kappa shape index (κ2) is 9.67. The summed E-state index contributed by atoms with van der Waals surface area (Å²) >= 11 is 0. The van der Waals surface area contributed by atoms with Crippen molar-refractivity contribution >= 4 is 11.9 Å². The molecule has 0 heterocycles. The van der Waals surface area contributed by atoms with Gasteiger partial charge in [0.05, 0.1) is 11.1 Å². The first-order valence-electron chi connectivity index (χ1n) is 10.9. The van der Waals surface area contributed by atoms with Crippen molar-refractivity contribution in [3.63, 3.8) is 0 Å². The van der Waals surface area contributed by atoms with Crippen LogP contribution in [0, 0.1) is 0 Å². The zero-order chi connectivity index (χ0) is 23.4. The first-order chi connectivity index (χ1) is 14.3. The molecule has 0 fully saturated rings. The molecule has 2 atom stereocenters. The molecule has 0 bridgehead atoms. The van der Waals surface area contributed by atoms with Crippen LogP contribution in [-0.4, -0.2) is 24.1 Å². The van der Waals surface area contributed by atoms with E-state index in [-0.39, 0.29) is 35.0 Å². The van der Waals surface area contributed by atoms with E-state index < -0.39 is 0 Å². The molecule has 168 valence electrons. The minimum Gasteiger partial charge on any atom is -0.459 e. The first-order valence-corrected chi connectivity index (χ1v) is 10.9. The Morgan fingerprint density at radius 3 is 1.19 bits per heavy atom. The third-order valence-electron chi connectivity index (χ3n) is 5.25. The van der Waals surface area contributed by atoms with Gasteiger partial charge in [0.1, 0.15) is 12.2 Å². The number of carbonyl (C=O) groups excluding carboxylic acids is 2. The van der Waals surface area contributed by atoms with Crippen molar-refractivity contribution in [1.29, 1.82) is 0 Å². The quantitative estimate of drug-likeness (QED) is 0.499. The highest BCUT2D eigenvalue weighted by Crippen LogP contribution is 2.24. The molecule has 31 heavy (non-hydrogen) atoms. The Labute approximate surface area is 187 Å². The summed E-state index contributed by atoms with van der Waals surface area (Å²) < 4.78 is 11.1. The van der Waals surface area contributed by atoms with Crippen molar-refractivity contribution in [2.75, 3.05) is 0 Å². The predicted molar refractivity (Wildman–Crippen MR) is 125 cm³/mol. The Balaban J connectivity index is 1.88. The zero-order valence-corrected chi connectivity index (χ0v) is 20.1. The van der Waals surface area contributed by atoms with Gasteiger partial charge >= 0.3 is 11.9 Å². The van der Waals surface area contributed by atoms with Gasteiger partial charge in [0.25, 0.3) is 0 Å². The summed E-state index contributed by atoms with van der Waals surface area (Å²) in [5, 5.41) is 0. The molecule has 2 aromatic rings. The highest BCUT2D eigenvalue weighted by Gasteiger charge is 2.20.